The molecule has 1 atom stereocenters. The van der Waals surface area contributed by atoms with Crippen molar-refractivity contribution in [3.8, 4) is 0 Å². The number of thiophene rings is 1. The van der Waals surface area contributed by atoms with Gasteiger partial charge in [0.15, 0.2) is 5.96 Å². The standard InChI is InChI=1S/C18H32N4O2S.HI/c1-13(12-22(7)17(23)24-18(3,4)5)10-20-16(19-6)21-11-15-14(2)8-9-25-15;/h8-9,13H,10-12H2,1-7H3,(H2,19,20,21);1H. The van der Waals surface area contributed by atoms with Crippen molar-refractivity contribution in [1.82, 2.24) is 15.5 Å². The molecule has 150 valence electrons. The summed E-state index contributed by atoms with van der Waals surface area (Å²) in [4.78, 5) is 19.2. The molecule has 0 aliphatic rings. The monoisotopic (exact) mass is 496 g/mol. The first-order valence-corrected chi connectivity index (χ1v) is 9.42. The second kappa shape index (κ2) is 11.6. The van der Waals surface area contributed by atoms with Crippen LogP contribution in [0, 0.1) is 12.8 Å². The number of halogens is 1. The first kappa shape index (κ1) is 25.0. The normalized spacial score (nSPS) is 12.8. The maximum atomic E-state index is 12.0. The summed E-state index contributed by atoms with van der Waals surface area (Å²) in [5, 5.41) is 8.72. The topological polar surface area (TPSA) is 66.0 Å². The number of hydrogen-bond acceptors (Lipinski definition) is 4. The molecular weight excluding hydrogens is 463 g/mol. The Balaban J connectivity index is 0.00000625. The van der Waals surface area contributed by atoms with Crippen LogP contribution in [0.1, 0.15) is 38.1 Å². The number of carbonyl (C=O) groups excluding carboxylic acids is 1. The molecule has 1 amide bonds. The van der Waals surface area contributed by atoms with Gasteiger partial charge in [-0.05, 0) is 50.6 Å². The highest BCUT2D eigenvalue weighted by Gasteiger charge is 2.20. The van der Waals surface area contributed by atoms with Crippen molar-refractivity contribution in [2.45, 2.75) is 46.8 Å². The van der Waals surface area contributed by atoms with Crippen LogP contribution >= 0.6 is 35.3 Å². The van der Waals surface area contributed by atoms with Crippen LogP contribution in [0.4, 0.5) is 4.79 Å². The van der Waals surface area contributed by atoms with Crippen LogP contribution in [0.5, 0.6) is 0 Å². The molecule has 6 nitrogen and oxygen atoms in total. The van der Waals surface area contributed by atoms with Gasteiger partial charge in [0.25, 0.3) is 0 Å². The van der Waals surface area contributed by atoms with Gasteiger partial charge in [-0.1, -0.05) is 6.92 Å². The Kier molecular flexibility index (Phi) is 11.2. The number of nitrogens with one attached hydrogen (secondary N) is 2. The molecule has 1 heterocycles. The zero-order chi connectivity index (χ0) is 19.0. The van der Waals surface area contributed by atoms with Gasteiger partial charge in [0.05, 0.1) is 6.54 Å². The molecule has 1 rings (SSSR count). The Morgan fingerprint density at radius 1 is 1.38 bits per heavy atom. The van der Waals surface area contributed by atoms with E-state index in [1.54, 1.807) is 30.3 Å². The van der Waals surface area contributed by atoms with Crippen molar-refractivity contribution in [3.05, 3.63) is 21.9 Å². The Morgan fingerprint density at radius 2 is 2.04 bits per heavy atom. The Hall–Kier alpha value is -1.03. The molecule has 1 unspecified atom stereocenters. The Labute approximate surface area is 178 Å². The third-order valence-corrected chi connectivity index (χ3v) is 4.54. The lowest BCUT2D eigenvalue weighted by atomic mass is 10.1. The van der Waals surface area contributed by atoms with Crippen molar-refractivity contribution < 1.29 is 9.53 Å². The van der Waals surface area contributed by atoms with E-state index in [2.05, 4.69) is 40.9 Å². The zero-order valence-corrected chi connectivity index (χ0v) is 20.0. The lowest BCUT2D eigenvalue weighted by Crippen LogP contribution is -2.42. The number of rotatable bonds is 6. The van der Waals surface area contributed by atoms with Crippen LogP contribution < -0.4 is 10.6 Å². The molecule has 0 saturated heterocycles. The van der Waals surface area contributed by atoms with Crippen LogP contribution in [0.15, 0.2) is 16.4 Å². The van der Waals surface area contributed by atoms with Crippen molar-refractivity contribution in [3.63, 3.8) is 0 Å². The van der Waals surface area contributed by atoms with E-state index in [0.717, 1.165) is 19.0 Å². The maximum Gasteiger partial charge on any atom is 0.410 e. The molecule has 26 heavy (non-hydrogen) atoms. The summed E-state index contributed by atoms with van der Waals surface area (Å²) in [6, 6.07) is 2.12. The van der Waals surface area contributed by atoms with Crippen LogP contribution in [-0.2, 0) is 11.3 Å². The third-order valence-electron chi connectivity index (χ3n) is 3.52. The van der Waals surface area contributed by atoms with Crippen molar-refractivity contribution in [2.24, 2.45) is 10.9 Å². The minimum atomic E-state index is -0.473. The first-order chi connectivity index (χ1) is 11.6. The van der Waals surface area contributed by atoms with Gasteiger partial charge >= 0.3 is 6.09 Å². The number of nitrogens with zero attached hydrogens (tertiary/aromatic N) is 2. The number of aryl methyl sites for hydroxylation is 1. The molecule has 2 N–H and O–H groups in total. The lowest BCUT2D eigenvalue weighted by Gasteiger charge is -2.26. The van der Waals surface area contributed by atoms with Crippen LogP contribution in [0.25, 0.3) is 0 Å². The third kappa shape index (κ3) is 9.61. The van der Waals surface area contributed by atoms with Crippen molar-refractivity contribution >= 4 is 47.4 Å². The van der Waals surface area contributed by atoms with E-state index < -0.39 is 5.60 Å². The molecule has 0 fully saturated rings. The van der Waals surface area contributed by atoms with E-state index >= 15 is 0 Å². The summed E-state index contributed by atoms with van der Waals surface area (Å²) >= 11 is 1.74. The second-order valence-electron chi connectivity index (χ2n) is 7.30. The summed E-state index contributed by atoms with van der Waals surface area (Å²) in [6.45, 7) is 11.9. The highest BCUT2D eigenvalue weighted by atomic mass is 127. The van der Waals surface area contributed by atoms with E-state index in [0.29, 0.717) is 6.54 Å². The molecule has 0 aromatic carbocycles. The van der Waals surface area contributed by atoms with Gasteiger partial charge in [-0.3, -0.25) is 4.99 Å². The fourth-order valence-electron chi connectivity index (χ4n) is 2.19. The second-order valence-corrected chi connectivity index (χ2v) is 8.30. The summed E-state index contributed by atoms with van der Waals surface area (Å²) in [7, 11) is 3.52. The SMILES string of the molecule is CN=C(NCc1sccc1C)NCC(C)CN(C)C(=O)OC(C)(C)C.I. The molecule has 0 aliphatic heterocycles. The van der Waals surface area contributed by atoms with Crippen molar-refractivity contribution in [2.75, 3.05) is 27.2 Å². The van der Waals surface area contributed by atoms with Gasteiger partial charge < -0.3 is 20.3 Å². The predicted octanol–water partition coefficient (Wildman–Crippen LogP) is 3.84. The van der Waals surface area contributed by atoms with Gasteiger partial charge in [0, 0.05) is 32.1 Å². The fraction of sp³-hybridized carbons (Fsp3) is 0.667. The molecular formula is C18H33IN4O2S. The molecule has 0 bridgehead atoms. The van der Waals surface area contributed by atoms with Crippen molar-refractivity contribution in [1.29, 1.82) is 0 Å². The number of carbonyl (C=O) groups is 1. The highest BCUT2D eigenvalue weighted by Crippen LogP contribution is 2.14. The minimum absolute atomic E-state index is 0. The molecule has 0 aliphatic carbocycles. The molecule has 0 spiro atoms. The van der Waals surface area contributed by atoms with Gasteiger partial charge in [-0.2, -0.15) is 0 Å². The highest BCUT2D eigenvalue weighted by molar-refractivity contribution is 14.0. The van der Waals surface area contributed by atoms with Gasteiger partial charge in [0.2, 0.25) is 0 Å². The number of guanidine groups is 1. The molecule has 8 heteroatoms. The molecule has 1 aromatic rings. The van der Waals surface area contributed by atoms with Crippen LogP contribution in [0.2, 0.25) is 0 Å². The van der Waals surface area contributed by atoms with E-state index in [-0.39, 0.29) is 36.0 Å². The number of ether oxygens (including phenoxy) is 1. The first-order valence-electron chi connectivity index (χ1n) is 8.54. The number of aliphatic imine (C=N–C) groups is 1. The zero-order valence-electron chi connectivity index (χ0n) is 16.9. The van der Waals surface area contributed by atoms with E-state index in [9.17, 15) is 4.79 Å². The molecule has 0 saturated carbocycles. The van der Waals surface area contributed by atoms with Crippen LogP contribution in [0.3, 0.4) is 0 Å². The summed E-state index contributed by atoms with van der Waals surface area (Å²) in [5.74, 6) is 1.03. The molecule has 1 aromatic heterocycles. The van der Waals surface area contributed by atoms with Gasteiger partial charge in [0.1, 0.15) is 5.60 Å². The molecule has 0 radical (unpaired) electrons. The van der Waals surface area contributed by atoms with E-state index in [1.807, 2.05) is 20.8 Å². The fourth-order valence-corrected chi connectivity index (χ4v) is 3.03. The van der Waals surface area contributed by atoms with Crippen LogP contribution in [-0.4, -0.2) is 49.7 Å². The summed E-state index contributed by atoms with van der Waals surface area (Å²) < 4.78 is 5.37. The number of amides is 1. The summed E-state index contributed by atoms with van der Waals surface area (Å²) in [5.41, 5.74) is 0.818. The predicted molar refractivity (Wildman–Crippen MR) is 121 cm³/mol. The van der Waals surface area contributed by atoms with E-state index in [1.165, 1.54) is 10.4 Å². The maximum absolute atomic E-state index is 12.0. The lowest BCUT2D eigenvalue weighted by molar-refractivity contribution is 0.0278. The number of hydrogen-bond donors (Lipinski definition) is 2. The van der Waals surface area contributed by atoms with Gasteiger partial charge in [-0.25, -0.2) is 4.79 Å². The Morgan fingerprint density at radius 3 is 2.54 bits per heavy atom. The summed E-state index contributed by atoms with van der Waals surface area (Å²) in [6.07, 6.45) is -0.296. The smallest absolute Gasteiger partial charge is 0.410 e. The average molecular weight is 496 g/mol. The largest absolute Gasteiger partial charge is 0.444 e. The quantitative estimate of drug-likeness (QED) is 0.357. The van der Waals surface area contributed by atoms with E-state index in [4.69, 9.17) is 4.74 Å². The Bertz CT molecular complexity index is 584. The van der Waals surface area contributed by atoms with Gasteiger partial charge in [-0.15, -0.1) is 35.3 Å². The average Bonchev–Trinajstić information content (AvgIpc) is 2.91. The minimum Gasteiger partial charge on any atom is -0.444 e.